The molecule has 0 amide bonds. The van der Waals surface area contributed by atoms with E-state index in [2.05, 4.69) is 10.2 Å². The molecule has 5 heteroatoms. The molecule has 9 heavy (non-hydrogen) atoms. The van der Waals surface area contributed by atoms with Crippen molar-refractivity contribution >= 4 is 11.3 Å². The molecular weight excluding hydrogens is 140 g/mol. The van der Waals surface area contributed by atoms with E-state index in [0.717, 1.165) is 0 Å². The highest BCUT2D eigenvalue weighted by atomic mass is 32.1. The Balaban J connectivity index is 2.74. The molecule has 1 aromatic heterocycles. The first kappa shape index (κ1) is 6.44. The monoisotopic (exact) mass is 146 g/mol. The molecule has 0 atom stereocenters. The summed E-state index contributed by atoms with van der Waals surface area (Å²) in [5.41, 5.74) is 0. The van der Waals surface area contributed by atoms with Gasteiger partial charge in [-0.25, -0.2) is 0 Å². The number of aromatic nitrogens is 2. The topological polar surface area (TPSA) is 55.2 Å². The van der Waals surface area contributed by atoms with E-state index in [0.29, 0.717) is 10.2 Å². The van der Waals surface area contributed by atoms with Crippen molar-refractivity contribution in [2.45, 2.75) is 6.61 Å². The van der Waals surface area contributed by atoms with Crippen molar-refractivity contribution in [3.63, 3.8) is 0 Å². The van der Waals surface area contributed by atoms with Gasteiger partial charge in [-0.1, -0.05) is 16.4 Å². The summed E-state index contributed by atoms with van der Waals surface area (Å²) in [7, 11) is 1.52. The van der Waals surface area contributed by atoms with Crippen LogP contribution in [0.4, 0.5) is 0 Å². The second-order valence-corrected chi connectivity index (χ2v) is 2.35. The Kier molecular flexibility index (Phi) is 1.96. The van der Waals surface area contributed by atoms with E-state index < -0.39 is 0 Å². The summed E-state index contributed by atoms with van der Waals surface area (Å²) in [4.78, 5) is 0. The normalized spacial score (nSPS) is 9.56. The van der Waals surface area contributed by atoms with Crippen LogP contribution < -0.4 is 4.74 Å². The van der Waals surface area contributed by atoms with Crippen LogP contribution in [0, 0.1) is 0 Å². The maximum absolute atomic E-state index is 8.50. The van der Waals surface area contributed by atoms with Crippen LogP contribution in [-0.2, 0) is 6.61 Å². The van der Waals surface area contributed by atoms with Crippen LogP contribution in [0.2, 0.25) is 0 Å². The third kappa shape index (κ3) is 1.36. The van der Waals surface area contributed by atoms with Crippen LogP contribution >= 0.6 is 11.3 Å². The Morgan fingerprint density at radius 1 is 1.67 bits per heavy atom. The molecule has 4 nitrogen and oxygen atoms in total. The summed E-state index contributed by atoms with van der Waals surface area (Å²) >= 11 is 1.24. The Morgan fingerprint density at radius 2 is 2.44 bits per heavy atom. The van der Waals surface area contributed by atoms with E-state index in [1.165, 1.54) is 18.4 Å². The molecule has 1 heterocycles. The zero-order valence-electron chi connectivity index (χ0n) is 4.87. The lowest BCUT2D eigenvalue weighted by atomic mass is 10.8. The van der Waals surface area contributed by atoms with E-state index in [9.17, 15) is 0 Å². The van der Waals surface area contributed by atoms with E-state index >= 15 is 0 Å². The molecule has 0 saturated heterocycles. The number of hydrogen-bond donors (Lipinski definition) is 1. The third-order valence-electron chi connectivity index (χ3n) is 0.758. The van der Waals surface area contributed by atoms with E-state index in [4.69, 9.17) is 9.84 Å². The highest BCUT2D eigenvalue weighted by Gasteiger charge is 1.99. The highest BCUT2D eigenvalue weighted by molar-refractivity contribution is 7.13. The van der Waals surface area contributed by atoms with E-state index in [1.54, 1.807) is 0 Å². The maximum Gasteiger partial charge on any atom is 0.293 e. The van der Waals surface area contributed by atoms with Crippen molar-refractivity contribution in [3.05, 3.63) is 5.01 Å². The molecule has 0 aliphatic rings. The predicted octanol–water partition coefficient (Wildman–Crippen LogP) is 0.0390. The van der Waals surface area contributed by atoms with Gasteiger partial charge < -0.3 is 9.84 Å². The van der Waals surface area contributed by atoms with Crippen molar-refractivity contribution in [3.8, 4) is 5.19 Å². The van der Waals surface area contributed by atoms with Gasteiger partial charge in [0, 0.05) is 0 Å². The van der Waals surface area contributed by atoms with Crippen LogP contribution in [0.5, 0.6) is 5.19 Å². The van der Waals surface area contributed by atoms with Crippen molar-refractivity contribution in [2.75, 3.05) is 7.11 Å². The fourth-order valence-corrected chi connectivity index (χ4v) is 0.897. The summed E-state index contributed by atoms with van der Waals surface area (Å²) in [6.07, 6.45) is 0. The van der Waals surface area contributed by atoms with Gasteiger partial charge in [-0.05, 0) is 0 Å². The standard InChI is InChI=1S/C4H6N2O2S/c1-8-4-6-5-3(2-7)9-4/h7H,2H2,1H3. The lowest BCUT2D eigenvalue weighted by Crippen LogP contribution is -1.80. The number of ether oxygens (including phenoxy) is 1. The third-order valence-corrected chi connectivity index (χ3v) is 1.63. The minimum Gasteiger partial charge on any atom is -0.472 e. The molecule has 0 saturated carbocycles. The summed E-state index contributed by atoms with van der Waals surface area (Å²) in [6, 6.07) is 0. The highest BCUT2D eigenvalue weighted by Crippen LogP contribution is 2.15. The van der Waals surface area contributed by atoms with Crippen LogP contribution in [0.15, 0.2) is 0 Å². The Morgan fingerprint density at radius 3 is 2.78 bits per heavy atom. The van der Waals surface area contributed by atoms with Crippen molar-refractivity contribution < 1.29 is 9.84 Å². The molecule has 1 rings (SSSR count). The van der Waals surface area contributed by atoms with Gasteiger partial charge in [0.05, 0.1) is 13.7 Å². The van der Waals surface area contributed by atoms with Gasteiger partial charge in [0.25, 0.3) is 5.19 Å². The summed E-state index contributed by atoms with van der Waals surface area (Å²) in [5, 5.41) is 16.8. The summed E-state index contributed by atoms with van der Waals surface area (Å²) in [5.74, 6) is 0. The van der Waals surface area contributed by atoms with Crippen LogP contribution in [0.1, 0.15) is 5.01 Å². The number of hydrogen-bond acceptors (Lipinski definition) is 5. The lowest BCUT2D eigenvalue weighted by Gasteiger charge is -1.83. The van der Waals surface area contributed by atoms with Crippen molar-refractivity contribution in [1.82, 2.24) is 10.2 Å². The van der Waals surface area contributed by atoms with Crippen LogP contribution in [0.3, 0.4) is 0 Å². The van der Waals surface area contributed by atoms with Gasteiger partial charge in [-0.2, -0.15) is 0 Å². The molecule has 0 bridgehead atoms. The van der Waals surface area contributed by atoms with Crippen molar-refractivity contribution in [2.24, 2.45) is 0 Å². The predicted molar refractivity (Wildman–Crippen MR) is 32.4 cm³/mol. The quantitative estimate of drug-likeness (QED) is 0.640. The number of aliphatic hydroxyl groups excluding tert-OH is 1. The van der Waals surface area contributed by atoms with Gasteiger partial charge in [-0.15, -0.1) is 5.10 Å². The van der Waals surface area contributed by atoms with E-state index in [-0.39, 0.29) is 6.61 Å². The zero-order valence-corrected chi connectivity index (χ0v) is 5.68. The minimum absolute atomic E-state index is 0.0684. The first-order valence-corrected chi connectivity index (χ1v) is 3.15. The lowest BCUT2D eigenvalue weighted by molar-refractivity contribution is 0.280. The average Bonchev–Trinajstić information content (AvgIpc) is 2.34. The van der Waals surface area contributed by atoms with E-state index in [1.807, 2.05) is 0 Å². The first-order chi connectivity index (χ1) is 4.36. The van der Waals surface area contributed by atoms with Gasteiger partial charge in [0.2, 0.25) is 0 Å². The molecular formula is C4H6N2O2S. The van der Waals surface area contributed by atoms with Gasteiger partial charge in [0.1, 0.15) is 5.01 Å². The molecule has 0 unspecified atom stereocenters. The number of rotatable bonds is 2. The van der Waals surface area contributed by atoms with Crippen molar-refractivity contribution in [1.29, 1.82) is 0 Å². The van der Waals surface area contributed by atoms with Crippen LogP contribution in [-0.4, -0.2) is 22.4 Å². The number of aliphatic hydroxyl groups is 1. The number of nitrogens with zero attached hydrogens (tertiary/aromatic N) is 2. The minimum atomic E-state index is -0.0684. The molecule has 0 spiro atoms. The molecule has 0 aliphatic heterocycles. The molecule has 1 N–H and O–H groups in total. The largest absolute Gasteiger partial charge is 0.472 e. The Labute approximate surface area is 56.1 Å². The van der Waals surface area contributed by atoms with Gasteiger partial charge >= 0.3 is 0 Å². The molecule has 0 aliphatic carbocycles. The summed E-state index contributed by atoms with van der Waals surface area (Å²) in [6.45, 7) is -0.0684. The van der Waals surface area contributed by atoms with Gasteiger partial charge in [-0.3, -0.25) is 0 Å². The fourth-order valence-electron chi connectivity index (χ4n) is 0.385. The van der Waals surface area contributed by atoms with Crippen LogP contribution in [0.25, 0.3) is 0 Å². The fraction of sp³-hybridized carbons (Fsp3) is 0.500. The second kappa shape index (κ2) is 2.75. The Bertz CT molecular complexity index is 170. The SMILES string of the molecule is COc1nnc(CO)s1. The zero-order chi connectivity index (χ0) is 6.69. The summed E-state index contributed by atoms with van der Waals surface area (Å²) < 4.78 is 4.73. The maximum atomic E-state index is 8.50. The molecule has 50 valence electrons. The second-order valence-electron chi connectivity index (χ2n) is 1.32. The number of methoxy groups -OCH3 is 1. The van der Waals surface area contributed by atoms with Gasteiger partial charge in [0.15, 0.2) is 0 Å². The molecule has 1 aromatic rings. The first-order valence-electron chi connectivity index (χ1n) is 2.34. The Hall–Kier alpha value is -0.680. The molecule has 0 radical (unpaired) electrons. The average molecular weight is 146 g/mol. The smallest absolute Gasteiger partial charge is 0.293 e. The molecule has 0 fully saturated rings. The molecule has 0 aromatic carbocycles.